The molecule has 1 fully saturated rings. The SMILES string of the molecule is COc1ccc(OC)c([C@H]2CCCN2S(=O)(=O)c2ccccc2Cl)c1. The molecule has 5 nitrogen and oxygen atoms in total. The van der Waals surface area contributed by atoms with Gasteiger partial charge in [-0.2, -0.15) is 4.31 Å². The van der Waals surface area contributed by atoms with Crippen LogP contribution in [0.25, 0.3) is 0 Å². The van der Waals surface area contributed by atoms with Crippen molar-refractivity contribution in [1.82, 2.24) is 4.31 Å². The third kappa shape index (κ3) is 3.34. The maximum Gasteiger partial charge on any atom is 0.245 e. The van der Waals surface area contributed by atoms with Gasteiger partial charge >= 0.3 is 0 Å². The van der Waals surface area contributed by atoms with Crippen LogP contribution in [-0.4, -0.2) is 33.5 Å². The summed E-state index contributed by atoms with van der Waals surface area (Å²) < 4.78 is 38.6. The van der Waals surface area contributed by atoms with Crippen molar-refractivity contribution in [2.75, 3.05) is 20.8 Å². The van der Waals surface area contributed by atoms with Crippen molar-refractivity contribution in [1.29, 1.82) is 0 Å². The lowest BCUT2D eigenvalue weighted by Gasteiger charge is -2.26. The van der Waals surface area contributed by atoms with Crippen molar-refractivity contribution in [2.24, 2.45) is 0 Å². The number of hydrogen-bond acceptors (Lipinski definition) is 4. The molecule has 0 aliphatic carbocycles. The highest BCUT2D eigenvalue weighted by molar-refractivity contribution is 7.89. The van der Waals surface area contributed by atoms with E-state index in [2.05, 4.69) is 0 Å². The summed E-state index contributed by atoms with van der Waals surface area (Å²) in [6.45, 7) is 0.443. The molecule has 25 heavy (non-hydrogen) atoms. The molecule has 0 N–H and O–H groups in total. The Hall–Kier alpha value is -1.76. The quantitative estimate of drug-likeness (QED) is 0.788. The molecule has 1 atom stereocenters. The van der Waals surface area contributed by atoms with Crippen molar-refractivity contribution < 1.29 is 17.9 Å². The third-order valence-electron chi connectivity index (χ3n) is 4.42. The van der Waals surface area contributed by atoms with Gasteiger partial charge in [0.05, 0.1) is 25.3 Å². The van der Waals surface area contributed by atoms with Gasteiger partial charge < -0.3 is 9.47 Å². The molecule has 7 heteroatoms. The highest BCUT2D eigenvalue weighted by Crippen LogP contribution is 2.42. The predicted octanol–water partition coefficient (Wildman–Crippen LogP) is 3.88. The van der Waals surface area contributed by atoms with Crippen LogP contribution < -0.4 is 9.47 Å². The molecule has 134 valence electrons. The molecule has 0 saturated carbocycles. The smallest absolute Gasteiger partial charge is 0.245 e. The van der Waals surface area contributed by atoms with Crippen LogP contribution in [0.5, 0.6) is 11.5 Å². The second-order valence-corrected chi connectivity index (χ2v) is 8.08. The van der Waals surface area contributed by atoms with Gasteiger partial charge in [-0.3, -0.25) is 0 Å². The van der Waals surface area contributed by atoms with Crippen LogP contribution in [0, 0.1) is 0 Å². The highest BCUT2D eigenvalue weighted by Gasteiger charge is 2.38. The van der Waals surface area contributed by atoms with Gasteiger partial charge in [0.2, 0.25) is 10.0 Å². The van der Waals surface area contributed by atoms with Crippen LogP contribution in [0.4, 0.5) is 0 Å². The molecule has 0 bridgehead atoms. The van der Waals surface area contributed by atoms with Crippen LogP contribution in [0.1, 0.15) is 24.4 Å². The zero-order valence-electron chi connectivity index (χ0n) is 14.1. The van der Waals surface area contributed by atoms with E-state index in [4.69, 9.17) is 21.1 Å². The van der Waals surface area contributed by atoms with E-state index in [9.17, 15) is 8.42 Å². The second-order valence-electron chi connectivity index (χ2n) is 5.81. The summed E-state index contributed by atoms with van der Waals surface area (Å²) in [6.07, 6.45) is 1.49. The molecule has 0 spiro atoms. The van der Waals surface area contributed by atoms with Crippen LogP contribution in [0.3, 0.4) is 0 Å². The fraction of sp³-hybridized carbons (Fsp3) is 0.333. The molecule has 1 aliphatic rings. The molecule has 1 saturated heterocycles. The number of hydrogen-bond donors (Lipinski definition) is 0. The van der Waals surface area contributed by atoms with E-state index in [0.717, 1.165) is 12.0 Å². The second kappa shape index (κ2) is 7.23. The van der Waals surface area contributed by atoms with Crippen LogP contribution in [0.2, 0.25) is 5.02 Å². The number of rotatable bonds is 5. The maximum absolute atomic E-state index is 13.2. The summed E-state index contributed by atoms with van der Waals surface area (Å²) in [7, 11) is -0.548. The fourth-order valence-corrected chi connectivity index (χ4v) is 5.39. The van der Waals surface area contributed by atoms with Crippen LogP contribution in [0.15, 0.2) is 47.4 Å². The van der Waals surface area contributed by atoms with Crippen molar-refractivity contribution in [3.8, 4) is 11.5 Å². The van der Waals surface area contributed by atoms with Crippen LogP contribution in [-0.2, 0) is 10.0 Å². The lowest BCUT2D eigenvalue weighted by molar-refractivity contribution is 0.361. The number of sulfonamides is 1. The fourth-order valence-electron chi connectivity index (χ4n) is 3.22. The lowest BCUT2D eigenvalue weighted by atomic mass is 10.0. The summed E-state index contributed by atoms with van der Waals surface area (Å²) >= 11 is 6.14. The monoisotopic (exact) mass is 381 g/mol. The molecule has 2 aromatic carbocycles. The van der Waals surface area contributed by atoms with E-state index in [1.165, 1.54) is 10.4 Å². The number of methoxy groups -OCH3 is 2. The number of halogens is 1. The zero-order chi connectivity index (χ0) is 18.0. The van der Waals surface area contributed by atoms with Crippen molar-refractivity contribution in [3.63, 3.8) is 0 Å². The Morgan fingerprint density at radius 3 is 2.56 bits per heavy atom. The Kier molecular flexibility index (Phi) is 5.22. The Morgan fingerprint density at radius 1 is 1.12 bits per heavy atom. The van der Waals surface area contributed by atoms with Gasteiger partial charge in [0.1, 0.15) is 16.4 Å². The molecule has 3 rings (SSSR count). The average molecular weight is 382 g/mol. The van der Waals surface area contributed by atoms with Gasteiger partial charge in [0, 0.05) is 12.1 Å². The van der Waals surface area contributed by atoms with E-state index in [-0.39, 0.29) is 16.0 Å². The summed E-state index contributed by atoms with van der Waals surface area (Å²) in [5.74, 6) is 1.31. The molecule has 0 unspecified atom stereocenters. The van der Waals surface area contributed by atoms with E-state index < -0.39 is 10.0 Å². The van der Waals surface area contributed by atoms with Gasteiger partial charge in [0.25, 0.3) is 0 Å². The van der Waals surface area contributed by atoms with Crippen molar-refractivity contribution in [3.05, 3.63) is 53.1 Å². The van der Waals surface area contributed by atoms with E-state index in [1.54, 1.807) is 44.6 Å². The normalized spacial score (nSPS) is 18.3. The van der Waals surface area contributed by atoms with Crippen molar-refractivity contribution >= 4 is 21.6 Å². The summed E-state index contributed by atoms with van der Waals surface area (Å²) in [5, 5.41) is 0.228. The lowest BCUT2D eigenvalue weighted by Crippen LogP contribution is -2.31. The zero-order valence-corrected chi connectivity index (χ0v) is 15.7. The molecule has 0 aromatic heterocycles. The van der Waals surface area contributed by atoms with Gasteiger partial charge in [0.15, 0.2) is 0 Å². The first-order valence-electron chi connectivity index (χ1n) is 7.97. The minimum absolute atomic E-state index is 0.130. The minimum atomic E-state index is -3.71. The molecule has 0 amide bonds. The Labute approximate surface area is 153 Å². The van der Waals surface area contributed by atoms with E-state index in [0.29, 0.717) is 24.5 Å². The van der Waals surface area contributed by atoms with Gasteiger partial charge in [-0.05, 0) is 43.2 Å². The maximum atomic E-state index is 13.2. The van der Waals surface area contributed by atoms with Gasteiger partial charge in [-0.1, -0.05) is 23.7 Å². The first kappa shape index (κ1) is 18.0. The highest BCUT2D eigenvalue weighted by atomic mass is 35.5. The Bertz CT molecular complexity index is 869. The third-order valence-corrected chi connectivity index (χ3v) is 6.83. The average Bonchev–Trinajstić information content (AvgIpc) is 3.11. The first-order valence-corrected chi connectivity index (χ1v) is 9.79. The molecule has 2 aromatic rings. The predicted molar refractivity (Wildman–Crippen MR) is 96.9 cm³/mol. The summed E-state index contributed by atoms with van der Waals surface area (Å²) in [5.41, 5.74) is 0.801. The summed E-state index contributed by atoms with van der Waals surface area (Å²) in [6, 6.07) is 11.6. The largest absolute Gasteiger partial charge is 0.497 e. The topological polar surface area (TPSA) is 55.8 Å². The summed E-state index contributed by atoms with van der Waals surface area (Å²) in [4.78, 5) is 0.130. The standard InChI is InChI=1S/C18H20ClNO4S/c1-23-13-9-10-17(24-2)14(12-13)16-7-5-11-20(16)25(21,22)18-8-4-3-6-15(18)19/h3-4,6,8-10,12,16H,5,7,11H2,1-2H3/t16-/m1/s1. The first-order chi connectivity index (χ1) is 12.0. The molecule has 0 radical (unpaired) electrons. The van der Waals surface area contributed by atoms with E-state index in [1.807, 2.05) is 6.07 Å². The molecular weight excluding hydrogens is 362 g/mol. The van der Waals surface area contributed by atoms with Crippen molar-refractivity contribution in [2.45, 2.75) is 23.8 Å². The van der Waals surface area contributed by atoms with Gasteiger partial charge in [-0.15, -0.1) is 0 Å². The molecular formula is C18H20ClNO4S. The minimum Gasteiger partial charge on any atom is -0.497 e. The van der Waals surface area contributed by atoms with Crippen LogP contribution >= 0.6 is 11.6 Å². The van der Waals surface area contributed by atoms with Gasteiger partial charge in [-0.25, -0.2) is 8.42 Å². The Balaban J connectivity index is 2.06. The van der Waals surface area contributed by atoms with E-state index >= 15 is 0 Å². The molecule has 1 aliphatic heterocycles. The number of nitrogens with zero attached hydrogens (tertiary/aromatic N) is 1. The number of ether oxygens (including phenoxy) is 2. The Morgan fingerprint density at radius 2 is 1.88 bits per heavy atom. The number of benzene rings is 2. The molecule has 1 heterocycles.